The Morgan fingerprint density at radius 2 is 2.04 bits per heavy atom. The molecule has 2 amide bonds. The van der Waals surface area contributed by atoms with Crippen molar-refractivity contribution in [1.29, 1.82) is 0 Å². The zero-order chi connectivity index (χ0) is 17.4. The van der Waals surface area contributed by atoms with Crippen LogP contribution in [0.2, 0.25) is 0 Å². The Hall–Kier alpha value is -2.86. The van der Waals surface area contributed by atoms with E-state index in [4.69, 9.17) is 9.47 Å². The van der Waals surface area contributed by atoms with Crippen LogP contribution < -0.4 is 15.4 Å². The molecule has 2 aliphatic rings. The predicted octanol–water partition coefficient (Wildman–Crippen LogP) is 3.47. The number of hydrogen-bond acceptors (Lipinski definition) is 4. The Balaban J connectivity index is 1.60. The molecule has 0 bridgehead atoms. The molecule has 25 heavy (non-hydrogen) atoms. The summed E-state index contributed by atoms with van der Waals surface area (Å²) in [6.07, 6.45) is 1.18. The molecular weight excluding hydrogens is 320 g/mol. The van der Waals surface area contributed by atoms with Gasteiger partial charge in [0.05, 0.1) is 11.3 Å². The van der Waals surface area contributed by atoms with Crippen molar-refractivity contribution < 1.29 is 19.1 Å². The minimum atomic E-state index is -0.420. The van der Waals surface area contributed by atoms with Gasteiger partial charge < -0.3 is 20.1 Å². The summed E-state index contributed by atoms with van der Waals surface area (Å²) in [7, 11) is 0. The molecule has 0 spiro atoms. The standard InChI is InChI=1S/C19H18N2O4/c1-11-4-6-16-14(9-11)21-18(22)13-10-12(5-7-15(13)25-16)20-19(23)17-3-2-8-24-17/h4-7,9-10,17H,2-3,8H2,1H3,(H,20,23)(H,21,22). The van der Waals surface area contributed by atoms with E-state index < -0.39 is 6.10 Å². The van der Waals surface area contributed by atoms with Crippen molar-refractivity contribution in [3.8, 4) is 11.5 Å². The van der Waals surface area contributed by atoms with Gasteiger partial charge in [0.25, 0.3) is 11.8 Å². The molecule has 128 valence electrons. The molecule has 2 heterocycles. The summed E-state index contributed by atoms with van der Waals surface area (Å²) < 4.78 is 11.2. The molecule has 2 aromatic carbocycles. The van der Waals surface area contributed by atoms with Crippen molar-refractivity contribution in [3.63, 3.8) is 0 Å². The number of rotatable bonds is 2. The molecule has 6 heteroatoms. The first-order chi connectivity index (χ1) is 12.1. The van der Waals surface area contributed by atoms with E-state index in [0.29, 0.717) is 35.0 Å². The number of anilines is 2. The monoisotopic (exact) mass is 338 g/mol. The zero-order valence-electron chi connectivity index (χ0n) is 13.8. The lowest BCUT2D eigenvalue weighted by molar-refractivity contribution is -0.124. The van der Waals surface area contributed by atoms with Crippen molar-refractivity contribution >= 4 is 23.2 Å². The summed E-state index contributed by atoms with van der Waals surface area (Å²) in [6.45, 7) is 2.55. The molecule has 0 aliphatic carbocycles. The van der Waals surface area contributed by atoms with Crippen LogP contribution >= 0.6 is 0 Å². The number of fused-ring (bicyclic) bond motifs is 2. The van der Waals surface area contributed by atoms with Gasteiger partial charge in [0, 0.05) is 12.3 Å². The molecule has 2 N–H and O–H groups in total. The summed E-state index contributed by atoms with van der Waals surface area (Å²) in [4.78, 5) is 24.7. The van der Waals surface area contributed by atoms with Crippen LogP contribution in [0.5, 0.6) is 11.5 Å². The molecule has 1 saturated heterocycles. The van der Waals surface area contributed by atoms with E-state index in [1.807, 2.05) is 25.1 Å². The Kier molecular flexibility index (Phi) is 3.89. The zero-order valence-corrected chi connectivity index (χ0v) is 13.8. The van der Waals surface area contributed by atoms with E-state index in [9.17, 15) is 9.59 Å². The third-order valence-electron chi connectivity index (χ3n) is 4.32. The fourth-order valence-electron chi connectivity index (χ4n) is 3.02. The maximum absolute atomic E-state index is 12.5. The quantitative estimate of drug-likeness (QED) is 0.879. The van der Waals surface area contributed by atoms with Crippen molar-refractivity contribution in [2.75, 3.05) is 17.2 Å². The number of hydrogen-bond donors (Lipinski definition) is 2. The predicted molar refractivity (Wildman–Crippen MR) is 93.3 cm³/mol. The Morgan fingerprint density at radius 1 is 1.20 bits per heavy atom. The molecule has 1 fully saturated rings. The third kappa shape index (κ3) is 3.08. The minimum Gasteiger partial charge on any atom is -0.454 e. The number of ether oxygens (including phenoxy) is 2. The van der Waals surface area contributed by atoms with Crippen LogP contribution in [-0.4, -0.2) is 24.5 Å². The van der Waals surface area contributed by atoms with Crippen LogP contribution in [0.3, 0.4) is 0 Å². The van der Waals surface area contributed by atoms with Gasteiger partial charge in [0.2, 0.25) is 0 Å². The highest BCUT2D eigenvalue weighted by Gasteiger charge is 2.25. The first kappa shape index (κ1) is 15.7. The lowest BCUT2D eigenvalue weighted by Crippen LogP contribution is -2.27. The van der Waals surface area contributed by atoms with Gasteiger partial charge in [0.15, 0.2) is 5.75 Å². The van der Waals surface area contributed by atoms with Crippen LogP contribution in [-0.2, 0) is 9.53 Å². The molecule has 0 saturated carbocycles. The Morgan fingerprint density at radius 3 is 2.84 bits per heavy atom. The van der Waals surface area contributed by atoms with Gasteiger partial charge in [-0.2, -0.15) is 0 Å². The second-order valence-corrected chi connectivity index (χ2v) is 6.26. The highest BCUT2D eigenvalue weighted by atomic mass is 16.5. The molecular formula is C19H18N2O4. The van der Waals surface area contributed by atoms with E-state index in [1.54, 1.807) is 18.2 Å². The fourth-order valence-corrected chi connectivity index (χ4v) is 3.02. The second-order valence-electron chi connectivity index (χ2n) is 6.26. The molecule has 6 nitrogen and oxygen atoms in total. The molecule has 0 aromatic heterocycles. The summed E-state index contributed by atoms with van der Waals surface area (Å²) in [5, 5.41) is 5.66. The van der Waals surface area contributed by atoms with Gasteiger partial charge in [-0.1, -0.05) is 6.07 Å². The summed E-state index contributed by atoms with van der Waals surface area (Å²) >= 11 is 0. The van der Waals surface area contributed by atoms with Crippen molar-refractivity contribution in [2.45, 2.75) is 25.9 Å². The van der Waals surface area contributed by atoms with E-state index in [-0.39, 0.29) is 11.8 Å². The van der Waals surface area contributed by atoms with Crippen molar-refractivity contribution in [2.24, 2.45) is 0 Å². The SMILES string of the molecule is Cc1ccc2c(c1)NC(=O)c1cc(NC(=O)C3CCCO3)ccc1O2. The van der Waals surface area contributed by atoms with Crippen LogP contribution in [0, 0.1) is 6.92 Å². The topological polar surface area (TPSA) is 76.7 Å². The number of nitrogens with one attached hydrogen (secondary N) is 2. The van der Waals surface area contributed by atoms with Crippen LogP contribution in [0.1, 0.15) is 28.8 Å². The first-order valence-corrected chi connectivity index (χ1v) is 8.26. The second kappa shape index (κ2) is 6.22. The molecule has 1 atom stereocenters. The first-order valence-electron chi connectivity index (χ1n) is 8.26. The van der Waals surface area contributed by atoms with E-state index in [0.717, 1.165) is 18.4 Å². The fraction of sp³-hybridized carbons (Fsp3) is 0.263. The maximum atomic E-state index is 12.5. The van der Waals surface area contributed by atoms with Gasteiger partial charge in [-0.25, -0.2) is 0 Å². The van der Waals surface area contributed by atoms with Gasteiger partial charge in [0.1, 0.15) is 11.9 Å². The van der Waals surface area contributed by atoms with Crippen LogP contribution in [0.15, 0.2) is 36.4 Å². The summed E-state index contributed by atoms with van der Waals surface area (Å²) in [5.74, 6) is 0.586. The Bertz CT molecular complexity index is 856. The normalized spacial score (nSPS) is 18.4. The average Bonchev–Trinajstić information content (AvgIpc) is 3.09. The van der Waals surface area contributed by atoms with E-state index in [2.05, 4.69) is 10.6 Å². The highest BCUT2D eigenvalue weighted by molar-refractivity contribution is 6.09. The highest BCUT2D eigenvalue weighted by Crippen LogP contribution is 2.37. The van der Waals surface area contributed by atoms with Gasteiger partial charge in [-0.05, 0) is 55.7 Å². The number of benzene rings is 2. The molecule has 1 unspecified atom stereocenters. The largest absolute Gasteiger partial charge is 0.454 e. The summed E-state index contributed by atoms with van der Waals surface area (Å²) in [6, 6.07) is 10.6. The smallest absolute Gasteiger partial charge is 0.259 e. The lowest BCUT2D eigenvalue weighted by atomic mass is 10.1. The van der Waals surface area contributed by atoms with Crippen molar-refractivity contribution in [3.05, 3.63) is 47.5 Å². The van der Waals surface area contributed by atoms with Gasteiger partial charge in [-0.3, -0.25) is 9.59 Å². The van der Waals surface area contributed by atoms with Crippen LogP contribution in [0.25, 0.3) is 0 Å². The van der Waals surface area contributed by atoms with Crippen molar-refractivity contribution in [1.82, 2.24) is 0 Å². The van der Waals surface area contributed by atoms with Crippen LogP contribution in [0.4, 0.5) is 11.4 Å². The average molecular weight is 338 g/mol. The number of carbonyl (C=O) groups is 2. The lowest BCUT2D eigenvalue weighted by Gasteiger charge is -2.12. The third-order valence-corrected chi connectivity index (χ3v) is 4.32. The number of amides is 2. The summed E-state index contributed by atoms with van der Waals surface area (Å²) in [5.41, 5.74) is 2.57. The van der Waals surface area contributed by atoms with Gasteiger partial charge in [-0.15, -0.1) is 0 Å². The molecule has 4 rings (SSSR count). The maximum Gasteiger partial charge on any atom is 0.259 e. The number of aryl methyl sites for hydroxylation is 1. The molecule has 0 radical (unpaired) electrons. The Labute approximate surface area is 145 Å². The number of carbonyl (C=O) groups excluding carboxylic acids is 2. The minimum absolute atomic E-state index is 0.189. The van der Waals surface area contributed by atoms with E-state index in [1.165, 1.54) is 0 Å². The van der Waals surface area contributed by atoms with Gasteiger partial charge >= 0.3 is 0 Å². The molecule has 2 aromatic rings. The molecule has 2 aliphatic heterocycles. The van der Waals surface area contributed by atoms with E-state index >= 15 is 0 Å².